The Bertz CT molecular complexity index is 1070. The van der Waals surface area contributed by atoms with E-state index < -0.39 is 0 Å². The highest BCUT2D eigenvalue weighted by atomic mass is 16.3. The monoisotopic (exact) mass is 346 g/mol. The first-order valence-electron chi connectivity index (χ1n) is 8.71. The molecule has 0 aliphatic rings. The van der Waals surface area contributed by atoms with Crippen LogP contribution in [0.1, 0.15) is 5.69 Å². The van der Waals surface area contributed by atoms with E-state index in [1.165, 1.54) is 10.8 Å². The molecule has 5 heteroatoms. The van der Waals surface area contributed by atoms with E-state index in [-0.39, 0.29) is 6.61 Å². The zero-order chi connectivity index (χ0) is 18.1. The third-order valence-electron chi connectivity index (χ3n) is 4.66. The van der Waals surface area contributed by atoms with Crippen molar-refractivity contribution in [2.24, 2.45) is 0 Å². The van der Waals surface area contributed by atoms with E-state index in [1.54, 1.807) is 0 Å². The Morgan fingerprint density at radius 2 is 1.88 bits per heavy atom. The summed E-state index contributed by atoms with van der Waals surface area (Å²) >= 11 is 0. The van der Waals surface area contributed by atoms with E-state index in [2.05, 4.69) is 35.2 Å². The summed E-state index contributed by atoms with van der Waals surface area (Å²) in [6, 6.07) is 18.5. The number of likely N-dealkylation sites (N-methyl/N-ethyl adjacent to an activating group) is 1. The molecule has 3 N–H and O–H groups in total. The molecule has 0 saturated carbocycles. The van der Waals surface area contributed by atoms with Crippen molar-refractivity contribution in [3.63, 3.8) is 0 Å². The van der Waals surface area contributed by atoms with Crippen LogP contribution in [0.15, 0.2) is 60.8 Å². The molecular weight excluding hydrogens is 324 g/mol. The van der Waals surface area contributed by atoms with Crippen molar-refractivity contribution in [2.75, 3.05) is 25.9 Å². The molecule has 132 valence electrons. The molecule has 2 aromatic carbocycles. The van der Waals surface area contributed by atoms with Crippen LogP contribution in [0.3, 0.4) is 0 Å². The molecule has 5 nitrogen and oxygen atoms in total. The van der Waals surface area contributed by atoms with E-state index in [9.17, 15) is 5.11 Å². The molecule has 26 heavy (non-hydrogen) atoms. The zero-order valence-electron chi connectivity index (χ0n) is 14.8. The summed E-state index contributed by atoms with van der Waals surface area (Å²) in [6.07, 6.45) is 1.91. The molecule has 2 heterocycles. The average molecular weight is 346 g/mol. The Labute approximate surface area is 152 Å². The van der Waals surface area contributed by atoms with Crippen LogP contribution in [0.2, 0.25) is 0 Å². The van der Waals surface area contributed by atoms with Crippen LogP contribution in [0.5, 0.6) is 0 Å². The van der Waals surface area contributed by atoms with Crippen molar-refractivity contribution in [1.29, 1.82) is 0 Å². The Morgan fingerprint density at radius 3 is 2.69 bits per heavy atom. The summed E-state index contributed by atoms with van der Waals surface area (Å²) in [5.41, 5.74) is 10.7. The van der Waals surface area contributed by atoms with E-state index in [4.69, 9.17) is 10.7 Å². The molecule has 0 atom stereocenters. The van der Waals surface area contributed by atoms with Crippen LogP contribution in [0.4, 0.5) is 5.69 Å². The number of hydrogen-bond acceptors (Lipinski definition) is 4. The van der Waals surface area contributed by atoms with Crippen LogP contribution in [-0.4, -0.2) is 39.6 Å². The minimum atomic E-state index is 0.126. The largest absolute Gasteiger partial charge is 0.398 e. The van der Waals surface area contributed by atoms with Crippen LogP contribution in [0.25, 0.3) is 27.7 Å². The van der Waals surface area contributed by atoms with Gasteiger partial charge in [-0.3, -0.25) is 4.90 Å². The molecule has 0 bridgehead atoms. The molecule has 0 radical (unpaired) electrons. The van der Waals surface area contributed by atoms with Gasteiger partial charge < -0.3 is 15.2 Å². The number of rotatable bonds is 5. The highest BCUT2D eigenvalue weighted by Gasteiger charge is 2.16. The van der Waals surface area contributed by atoms with Gasteiger partial charge in [0, 0.05) is 30.5 Å². The number of hydrogen-bond donors (Lipinski definition) is 2. The predicted molar refractivity (Wildman–Crippen MR) is 106 cm³/mol. The van der Waals surface area contributed by atoms with Crippen molar-refractivity contribution in [3.05, 3.63) is 66.5 Å². The van der Waals surface area contributed by atoms with Gasteiger partial charge in [0.2, 0.25) is 0 Å². The van der Waals surface area contributed by atoms with Gasteiger partial charge in [0.05, 0.1) is 18.0 Å². The van der Waals surface area contributed by atoms with Crippen molar-refractivity contribution in [1.82, 2.24) is 14.3 Å². The minimum Gasteiger partial charge on any atom is -0.398 e. The van der Waals surface area contributed by atoms with Gasteiger partial charge in [0.15, 0.2) is 0 Å². The SMILES string of the molecule is CN(CCO)Cc1c(-c2ccc3ccccc3c2)nc2ccc(N)cn12. The summed E-state index contributed by atoms with van der Waals surface area (Å²) in [5.74, 6) is 0. The van der Waals surface area contributed by atoms with E-state index in [1.807, 2.05) is 41.9 Å². The number of fused-ring (bicyclic) bond motifs is 2. The topological polar surface area (TPSA) is 66.8 Å². The fourth-order valence-corrected chi connectivity index (χ4v) is 3.33. The van der Waals surface area contributed by atoms with Gasteiger partial charge in [-0.15, -0.1) is 0 Å². The van der Waals surface area contributed by atoms with E-state index in [0.29, 0.717) is 18.8 Å². The number of aliphatic hydroxyl groups excluding tert-OH is 1. The number of anilines is 1. The molecule has 0 saturated heterocycles. The molecule has 0 spiro atoms. The van der Waals surface area contributed by atoms with Crippen molar-refractivity contribution in [3.8, 4) is 11.3 Å². The number of aromatic nitrogens is 2. The predicted octanol–water partition coefficient (Wildman–Crippen LogP) is 3.16. The van der Waals surface area contributed by atoms with E-state index >= 15 is 0 Å². The van der Waals surface area contributed by atoms with Gasteiger partial charge in [0.25, 0.3) is 0 Å². The van der Waals surface area contributed by atoms with Gasteiger partial charge >= 0.3 is 0 Å². The number of aliphatic hydroxyl groups is 1. The minimum absolute atomic E-state index is 0.126. The number of pyridine rings is 1. The maximum atomic E-state index is 9.24. The van der Waals surface area contributed by atoms with Gasteiger partial charge in [-0.1, -0.05) is 36.4 Å². The summed E-state index contributed by atoms with van der Waals surface area (Å²) in [5, 5.41) is 11.6. The van der Waals surface area contributed by atoms with E-state index in [0.717, 1.165) is 22.6 Å². The summed E-state index contributed by atoms with van der Waals surface area (Å²) in [6.45, 7) is 1.40. The average Bonchev–Trinajstić information content (AvgIpc) is 2.99. The number of nitrogens with two attached hydrogens (primary N) is 1. The fraction of sp³-hybridized carbons (Fsp3) is 0.190. The van der Waals surface area contributed by atoms with Crippen LogP contribution >= 0.6 is 0 Å². The Morgan fingerprint density at radius 1 is 1.08 bits per heavy atom. The summed E-state index contributed by atoms with van der Waals surface area (Å²) < 4.78 is 2.05. The van der Waals surface area contributed by atoms with Gasteiger partial charge in [-0.05, 0) is 36.0 Å². The van der Waals surface area contributed by atoms with Crippen LogP contribution < -0.4 is 5.73 Å². The lowest BCUT2D eigenvalue weighted by Gasteiger charge is -2.16. The molecule has 0 aliphatic carbocycles. The second-order valence-electron chi connectivity index (χ2n) is 6.62. The summed E-state index contributed by atoms with van der Waals surface area (Å²) in [4.78, 5) is 6.94. The molecule has 0 unspecified atom stereocenters. The lowest BCUT2D eigenvalue weighted by molar-refractivity contribution is 0.216. The number of imidazole rings is 1. The lowest BCUT2D eigenvalue weighted by atomic mass is 10.0. The summed E-state index contributed by atoms with van der Waals surface area (Å²) in [7, 11) is 1.99. The van der Waals surface area contributed by atoms with Gasteiger partial charge in [-0.2, -0.15) is 0 Å². The smallest absolute Gasteiger partial charge is 0.137 e. The molecule has 4 rings (SSSR count). The molecule has 0 fully saturated rings. The Balaban J connectivity index is 1.89. The van der Waals surface area contributed by atoms with Gasteiger partial charge in [0.1, 0.15) is 5.65 Å². The lowest BCUT2D eigenvalue weighted by Crippen LogP contribution is -2.22. The van der Waals surface area contributed by atoms with Crippen LogP contribution in [-0.2, 0) is 6.54 Å². The molecule has 0 amide bonds. The number of nitrogen functional groups attached to an aromatic ring is 1. The Hall–Kier alpha value is -2.89. The van der Waals surface area contributed by atoms with Crippen molar-refractivity contribution < 1.29 is 5.11 Å². The number of benzene rings is 2. The third-order valence-corrected chi connectivity index (χ3v) is 4.66. The quantitative estimate of drug-likeness (QED) is 0.582. The van der Waals surface area contributed by atoms with Crippen molar-refractivity contribution in [2.45, 2.75) is 6.54 Å². The van der Waals surface area contributed by atoms with Crippen molar-refractivity contribution >= 4 is 22.1 Å². The third kappa shape index (κ3) is 3.03. The highest BCUT2D eigenvalue weighted by molar-refractivity contribution is 5.87. The first kappa shape index (κ1) is 16.6. The first-order chi connectivity index (χ1) is 12.7. The molecule has 0 aliphatic heterocycles. The number of nitrogens with zero attached hydrogens (tertiary/aromatic N) is 3. The second-order valence-corrected chi connectivity index (χ2v) is 6.62. The Kier molecular flexibility index (Phi) is 4.32. The maximum absolute atomic E-state index is 9.24. The first-order valence-corrected chi connectivity index (χ1v) is 8.71. The van der Waals surface area contributed by atoms with Gasteiger partial charge in [-0.25, -0.2) is 4.98 Å². The molecule has 2 aromatic heterocycles. The zero-order valence-corrected chi connectivity index (χ0v) is 14.8. The standard InChI is InChI=1S/C21H22N4O/c1-24(10-11-26)14-19-21(23-20-9-8-18(22)13-25(19)20)17-7-6-15-4-2-3-5-16(15)12-17/h2-9,12-13,26H,10-11,14,22H2,1H3. The molecule has 4 aromatic rings. The molecular formula is C21H22N4O. The van der Waals surface area contributed by atoms with Crippen LogP contribution in [0, 0.1) is 0 Å². The maximum Gasteiger partial charge on any atom is 0.137 e. The second kappa shape index (κ2) is 6.78. The highest BCUT2D eigenvalue weighted by Crippen LogP contribution is 2.29. The normalized spacial score (nSPS) is 11.7. The fourth-order valence-electron chi connectivity index (χ4n) is 3.33.